The Morgan fingerprint density at radius 3 is 2.38 bits per heavy atom. The van der Waals surface area contributed by atoms with Crippen molar-refractivity contribution in [2.45, 2.75) is 33.2 Å². The predicted octanol–water partition coefficient (Wildman–Crippen LogP) is 5.42. The second-order valence-corrected chi connectivity index (χ2v) is 11.3. The number of hydrogen-bond donors (Lipinski definition) is 1. The first-order chi connectivity index (χ1) is 19.1. The van der Waals surface area contributed by atoms with E-state index in [0.717, 1.165) is 10.4 Å². The number of aromatic nitrogens is 2. The third-order valence-electron chi connectivity index (χ3n) is 7.25. The summed E-state index contributed by atoms with van der Waals surface area (Å²) in [6.45, 7) is 7.56. The number of rotatable bonds is 5. The van der Waals surface area contributed by atoms with Gasteiger partial charge in [-0.05, 0) is 43.2 Å². The van der Waals surface area contributed by atoms with E-state index >= 15 is 0 Å². The average Bonchev–Trinajstić information content (AvgIpc) is 3.24. The van der Waals surface area contributed by atoms with Crippen molar-refractivity contribution in [2.24, 2.45) is 5.92 Å². The molecule has 0 aliphatic carbocycles. The molecule has 1 amide bonds. The summed E-state index contributed by atoms with van der Waals surface area (Å²) in [5, 5.41) is 3.71. The number of piperazine rings is 1. The van der Waals surface area contributed by atoms with Crippen molar-refractivity contribution in [1.29, 1.82) is 0 Å². The summed E-state index contributed by atoms with van der Waals surface area (Å²) in [6, 6.07) is 11.9. The van der Waals surface area contributed by atoms with Crippen molar-refractivity contribution in [3.8, 4) is 0 Å². The van der Waals surface area contributed by atoms with Crippen LogP contribution in [0.3, 0.4) is 0 Å². The second kappa shape index (κ2) is 11.1. The SMILES string of the molecule is CC1=C(C(=O)N2CCN(c3ccc(F)cc3)CC2)C(c2cccc(Cl)c2Cl)n2c(cc(=O)n2C(=O)CC(C)C)N1. The van der Waals surface area contributed by atoms with Crippen molar-refractivity contribution in [1.82, 2.24) is 14.3 Å². The van der Waals surface area contributed by atoms with E-state index in [9.17, 15) is 18.8 Å². The van der Waals surface area contributed by atoms with Crippen molar-refractivity contribution in [2.75, 3.05) is 36.4 Å². The fraction of sp³-hybridized carbons (Fsp3) is 0.345. The van der Waals surface area contributed by atoms with Gasteiger partial charge in [0.2, 0.25) is 5.91 Å². The molecule has 2 aliphatic heterocycles. The summed E-state index contributed by atoms with van der Waals surface area (Å²) in [6.07, 6.45) is 0.149. The van der Waals surface area contributed by atoms with E-state index in [0.29, 0.717) is 53.9 Å². The average molecular weight is 586 g/mol. The number of carbonyl (C=O) groups is 2. The molecule has 1 fully saturated rings. The highest BCUT2D eigenvalue weighted by Gasteiger charge is 2.39. The quantitative estimate of drug-likeness (QED) is 0.432. The Bertz CT molecular complexity index is 1550. The molecule has 1 saturated heterocycles. The van der Waals surface area contributed by atoms with Crippen molar-refractivity contribution < 1.29 is 14.0 Å². The predicted molar refractivity (Wildman–Crippen MR) is 155 cm³/mol. The third-order valence-corrected chi connectivity index (χ3v) is 8.09. The van der Waals surface area contributed by atoms with Gasteiger partial charge >= 0.3 is 0 Å². The van der Waals surface area contributed by atoms with Gasteiger partial charge in [0, 0.05) is 55.6 Å². The number of benzene rings is 2. The maximum atomic E-state index is 14.2. The molecule has 1 aromatic heterocycles. The maximum Gasteiger partial charge on any atom is 0.276 e. The number of nitrogens with one attached hydrogen (secondary N) is 1. The number of anilines is 2. The lowest BCUT2D eigenvalue weighted by Gasteiger charge is -2.39. The lowest BCUT2D eigenvalue weighted by Crippen LogP contribution is -2.50. The number of fused-ring (bicyclic) bond motifs is 1. The molecule has 0 radical (unpaired) electrons. The first-order valence-corrected chi connectivity index (χ1v) is 13.9. The van der Waals surface area contributed by atoms with E-state index in [1.165, 1.54) is 22.9 Å². The first-order valence-electron chi connectivity index (χ1n) is 13.2. The van der Waals surface area contributed by atoms with Crippen molar-refractivity contribution in [3.63, 3.8) is 0 Å². The molecular weight excluding hydrogens is 556 g/mol. The van der Waals surface area contributed by atoms with E-state index in [4.69, 9.17) is 23.2 Å². The van der Waals surface area contributed by atoms with Crippen LogP contribution in [0.5, 0.6) is 0 Å². The van der Waals surface area contributed by atoms with Gasteiger partial charge in [-0.25, -0.2) is 9.07 Å². The molecule has 0 spiro atoms. The Hall–Kier alpha value is -3.56. The maximum absolute atomic E-state index is 14.2. The van der Waals surface area contributed by atoms with Gasteiger partial charge in [0.25, 0.3) is 11.5 Å². The molecule has 0 bridgehead atoms. The van der Waals surface area contributed by atoms with Gasteiger partial charge in [-0.15, -0.1) is 0 Å². The van der Waals surface area contributed by atoms with Gasteiger partial charge in [0.05, 0.1) is 15.6 Å². The van der Waals surface area contributed by atoms with E-state index in [1.54, 1.807) is 42.2 Å². The standard InChI is InChI=1S/C29H30Cl2FN5O3/c1-17(2)15-24(38)37-25(39)16-23-33-18(3)26(28(36(23)37)21-5-4-6-22(30)27(21)31)29(40)35-13-11-34(12-14-35)20-9-7-19(32)8-10-20/h4-10,16-17,28,33H,11-15H2,1-3H3. The zero-order chi connectivity index (χ0) is 28.7. The lowest BCUT2D eigenvalue weighted by atomic mass is 9.94. The minimum Gasteiger partial charge on any atom is -0.368 e. The van der Waals surface area contributed by atoms with E-state index in [1.807, 2.05) is 13.8 Å². The molecule has 2 aromatic carbocycles. The van der Waals surface area contributed by atoms with Crippen LogP contribution in [0.15, 0.2) is 64.6 Å². The van der Waals surface area contributed by atoms with Gasteiger partial charge in [-0.3, -0.25) is 14.4 Å². The van der Waals surface area contributed by atoms with Crippen LogP contribution < -0.4 is 15.8 Å². The molecule has 3 heterocycles. The molecule has 8 nitrogen and oxygen atoms in total. The Morgan fingerprint density at radius 2 is 1.73 bits per heavy atom. The number of allylic oxidation sites excluding steroid dienone is 1. The number of carbonyl (C=O) groups excluding carboxylic acids is 2. The number of nitrogens with zero attached hydrogens (tertiary/aromatic N) is 4. The van der Waals surface area contributed by atoms with Crippen LogP contribution in [0.1, 0.15) is 43.6 Å². The lowest BCUT2D eigenvalue weighted by molar-refractivity contribution is -0.128. The van der Waals surface area contributed by atoms with Crippen molar-refractivity contribution in [3.05, 3.63) is 91.6 Å². The highest BCUT2D eigenvalue weighted by Crippen LogP contribution is 2.41. The molecule has 2 aliphatic rings. The van der Waals surface area contributed by atoms with E-state index < -0.39 is 11.6 Å². The molecule has 1 atom stereocenters. The molecule has 1 N–H and O–H groups in total. The molecule has 11 heteroatoms. The Morgan fingerprint density at radius 1 is 1.05 bits per heavy atom. The first kappa shape index (κ1) is 28.0. The molecule has 40 heavy (non-hydrogen) atoms. The van der Waals surface area contributed by atoms with Gasteiger partial charge in [0.15, 0.2) is 0 Å². The highest BCUT2D eigenvalue weighted by molar-refractivity contribution is 6.42. The summed E-state index contributed by atoms with van der Waals surface area (Å²) in [7, 11) is 0. The van der Waals surface area contributed by atoms with Crippen LogP contribution in [0.4, 0.5) is 15.9 Å². The monoisotopic (exact) mass is 585 g/mol. The van der Waals surface area contributed by atoms with Gasteiger partial charge in [-0.2, -0.15) is 4.68 Å². The molecular formula is C29H30Cl2FN5O3. The van der Waals surface area contributed by atoms with E-state index in [-0.39, 0.29) is 35.0 Å². The van der Waals surface area contributed by atoms with Gasteiger partial charge in [-0.1, -0.05) is 49.2 Å². The van der Waals surface area contributed by atoms with Crippen molar-refractivity contribution >= 4 is 46.5 Å². The number of amides is 1. The normalized spacial score (nSPS) is 17.2. The zero-order valence-corrected chi connectivity index (χ0v) is 24.0. The summed E-state index contributed by atoms with van der Waals surface area (Å²) in [5.41, 5.74) is 1.82. The fourth-order valence-electron chi connectivity index (χ4n) is 5.36. The second-order valence-electron chi connectivity index (χ2n) is 10.5. The number of halogens is 3. The number of hydrogen-bond acceptors (Lipinski definition) is 5. The van der Waals surface area contributed by atoms with Crippen LogP contribution in [-0.2, 0) is 4.79 Å². The fourth-order valence-corrected chi connectivity index (χ4v) is 5.77. The molecule has 5 rings (SSSR count). The Balaban J connectivity index is 1.54. The third kappa shape index (κ3) is 5.15. The molecule has 1 unspecified atom stereocenters. The molecule has 210 valence electrons. The minimum absolute atomic E-state index is 0.0195. The highest BCUT2D eigenvalue weighted by atomic mass is 35.5. The zero-order valence-electron chi connectivity index (χ0n) is 22.5. The smallest absolute Gasteiger partial charge is 0.276 e. The minimum atomic E-state index is -0.871. The van der Waals surface area contributed by atoms with Crippen LogP contribution in [0.2, 0.25) is 10.0 Å². The summed E-state index contributed by atoms with van der Waals surface area (Å²) in [4.78, 5) is 44.5. The topological polar surface area (TPSA) is 79.6 Å². The van der Waals surface area contributed by atoms with Gasteiger partial charge in [0.1, 0.15) is 17.7 Å². The van der Waals surface area contributed by atoms with Crippen LogP contribution in [0, 0.1) is 11.7 Å². The largest absolute Gasteiger partial charge is 0.368 e. The van der Waals surface area contributed by atoms with Gasteiger partial charge < -0.3 is 15.1 Å². The van der Waals surface area contributed by atoms with Crippen LogP contribution in [-0.4, -0.2) is 52.3 Å². The summed E-state index contributed by atoms with van der Waals surface area (Å²) in [5.74, 6) is -0.510. The van der Waals surface area contributed by atoms with Crippen LogP contribution >= 0.6 is 23.2 Å². The summed E-state index contributed by atoms with van der Waals surface area (Å²) < 4.78 is 16.0. The van der Waals surface area contributed by atoms with E-state index in [2.05, 4.69) is 10.2 Å². The Kier molecular flexibility index (Phi) is 7.79. The Labute approximate surface area is 241 Å². The summed E-state index contributed by atoms with van der Waals surface area (Å²) >= 11 is 13.1. The molecule has 0 saturated carbocycles. The molecule has 3 aromatic rings. The van der Waals surface area contributed by atoms with Crippen LogP contribution in [0.25, 0.3) is 0 Å².